The van der Waals surface area contributed by atoms with Gasteiger partial charge in [-0.3, -0.25) is 19.7 Å². The molecule has 1 aliphatic heterocycles. The number of amides is 2. The van der Waals surface area contributed by atoms with Crippen LogP contribution in [-0.2, 0) is 4.79 Å². The Balaban J connectivity index is 1.75. The van der Waals surface area contributed by atoms with Crippen molar-refractivity contribution < 1.29 is 9.59 Å². The number of nitrogens with zero attached hydrogens (tertiary/aromatic N) is 3. The van der Waals surface area contributed by atoms with Gasteiger partial charge < -0.3 is 10.2 Å². The third-order valence-electron chi connectivity index (χ3n) is 4.51. The Morgan fingerprint density at radius 3 is 2.92 bits per heavy atom. The summed E-state index contributed by atoms with van der Waals surface area (Å²) in [6.45, 7) is 4.85. The number of H-pyrrole nitrogens is 1. The molecule has 1 fully saturated rings. The first-order valence-electron chi connectivity index (χ1n) is 8.09. The molecular weight excluding hydrogens is 306 g/mol. The van der Waals surface area contributed by atoms with E-state index < -0.39 is 0 Å². The number of rotatable bonds is 5. The highest BCUT2D eigenvalue weighted by Crippen LogP contribution is 2.37. The minimum atomic E-state index is -0.173. The van der Waals surface area contributed by atoms with Gasteiger partial charge >= 0.3 is 0 Å². The molecule has 7 heteroatoms. The van der Waals surface area contributed by atoms with Crippen molar-refractivity contribution >= 4 is 11.8 Å². The van der Waals surface area contributed by atoms with Crippen LogP contribution in [0.5, 0.6) is 0 Å². The smallest absolute Gasteiger partial charge is 0.254 e. The summed E-state index contributed by atoms with van der Waals surface area (Å²) in [5.41, 5.74) is 2.27. The highest BCUT2D eigenvalue weighted by Gasteiger charge is 2.39. The Morgan fingerprint density at radius 1 is 1.46 bits per heavy atom. The molecule has 2 amide bonds. The fourth-order valence-corrected chi connectivity index (χ4v) is 3.32. The number of carbonyl (C=O) groups excluding carboxylic acids is 2. The standard InChI is InChI=1S/C17H21N5O2/c1-3-22-15(23)7-13(16(22)12-5-4-6-18-8-12)9-19-17(24)14-10-20-21-11(14)2/h4-6,8,10,13,16H,3,7,9H2,1-2H3,(H,19,24)(H,20,21)/t13-,16-/m0/s1. The molecule has 0 bridgehead atoms. The zero-order valence-electron chi connectivity index (χ0n) is 13.8. The summed E-state index contributed by atoms with van der Waals surface area (Å²) in [5.74, 6) is -0.0310. The van der Waals surface area contributed by atoms with Gasteiger partial charge in [-0.1, -0.05) is 6.07 Å². The van der Waals surface area contributed by atoms with Crippen molar-refractivity contribution in [2.45, 2.75) is 26.3 Å². The van der Waals surface area contributed by atoms with E-state index in [2.05, 4.69) is 20.5 Å². The van der Waals surface area contributed by atoms with Gasteiger partial charge in [-0.15, -0.1) is 0 Å². The van der Waals surface area contributed by atoms with Crippen LogP contribution in [0.3, 0.4) is 0 Å². The lowest BCUT2D eigenvalue weighted by Crippen LogP contribution is -2.34. The van der Waals surface area contributed by atoms with Crippen LogP contribution in [0.2, 0.25) is 0 Å². The van der Waals surface area contributed by atoms with E-state index in [0.29, 0.717) is 25.1 Å². The molecule has 0 spiro atoms. The second-order valence-corrected chi connectivity index (χ2v) is 5.99. The highest BCUT2D eigenvalue weighted by molar-refractivity contribution is 5.95. The Labute approximate surface area is 140 Å². The average molecular weight is 327 g/mol. The number of likely N-dealkylation sites (tertiary alicyclic amines) is 1. The van der Waals surface area contributed by atoms with Crippen LogP contribution in [0.4, 0.5) is 0 Å². The number of hydrogen-bond acceptors (Lipinski definition) is 4. The molecule has 3 heterocycles. The summed E-state index contributed by atoms with van der Waals surface area (Å²) in [7, 11) is 0. The molecule has 0 radical (unpaired) electrons. The summed E-state index contributed by atoms with van der Waals surface area (Å²) in [6, 6.07) is 3.80. The lowest BCUT2D eigenvalue weighted by molar-refractivity contribution is -0.128. The molecule has 0 aliphatic carbocycles. The third-order valence-corrected chi connectivity index (χ3v) is 4.51. The molecule has 2 aromatic heterocycles. The van der Waals surface area contributed by atoms with Crippen LogP contribution in [0.15, 0.2) is 30.7 Å². The summed E-state index contributed by atoms with van der Waals surface area (Å²) < 4.78 is 0. The second kappa shape index (κ2) is 6.82. The molecule has 7 nitrogen and oxygen atoms in total. The molecule has 0 saturated carbocycles. The van der Waals surface area contributed by atoms with Crippen molar-refractivity contribution in [3.63, 3.8) is 0 Å². The first kappa shape index (κ1) is 16.2. The van der Waals surface area contributed by atoms with Gasteiger partial charge in [-0.05, 0) is 25.5 Å². The Hall–Kier alpha value is -2.70. The predicted octanol–water partition coefficient (Wildman–Crippen LogP) is 1.45. The Bertz CT molecular complexity index is 728. The summed E-state index contributed by atoms with van der Waals surface area (Å²) in [6.07, 6.45) is 5.45. The van der Waals surface area contributed by atoms with E-state index in [1.165, 1.54) is 6.20 Å². The molecule has 3 rings (SSSR count). The van der Waals surface area contributed by atoms with E-state index in [1.54, 1.807) is 19.3 Å². The maximum atomic E-state index is 12.3. The molecule has 24 heavy (non-hydrogen) atoms. The predicted molar refractivity (Wildman–Crippen MR) is 88.1 cm³/mol. The fourth-order valence-electron chi connectivity index (χ4n) is 3.32. The van der Waals surface area contributed by atoms with E-state index in [1.807, 2.05) is 24.0 Å². The molecular formula is C17H21N5O2. The van der Waals surface area contributed by atoms with E-state index in [4.69, 9.17) is 0 Å². The second-order valence-electron chi connectivity index (χ2n) is 5.99. The maximum Gasteiger partial charge on any atom is 0.254 e. The minimum absolute atomic E-state index is 0.0257. The Morgan fingerprint density at radius 2 is 2.29 bits per heavy atom. The molecule has 2 aromatic rings. The van der Waals surface area contributed by atoms with Crippen molar-refractivity contribution in [1.29, 1.82) is 0 Å². The number of aryl methyl sites for hydroxylation is 1. The summed E-state index contributed by atoms with van der Waals surface area (Å²) in [4.78, 5) is 30.6. The van der Waals surface area contributed by atoms with Crippen molar-refractivity contribution in [2.75, 3.05) is 13.1 Å². The lowest BCUT2D eigenvalue weighted by Gasteiger charge is -2.27. The largest absolute Gasteiger partial charge is 0.352 e. The van der Waals surface area contributed by atoms with Gasteiger partial charge in [0.2, 0.25) is 5.91 Å². The molecule has 0 unspecified atom stereocenters. The number of aromatic amines is 1. The van der Waals surface area contributed by atoms with Crippen LogP contribution in [0.1, 0.15) is 41.0 Å². The normalized spacial score (nSPS) is 20.4. The van der Waals surface area contributed by atoms with Gasteiger partial charge in [0, 0.05) is 43.5 Å². The first-order chi connectivity index (χ1) is 11.6. The minimum Gasteiger partial charge on any atom is -0.352 e. The summed E-state index contributed by atoms with van der Waals surface area (Å²) >= 11 is 0. The van der Waals surface area contributed by atoms with Gasteiger partial charge in [-0.2, -0.15) is 5.10 Å². The van der Waals surface area contributed by atoms with Crippen molar-refractivity contribution in [1.82, 2.24) is 25.4 Å². The molecule has 1 saturated heterocycles. The van der Waals surface area contributed by atoms with E-state index in [-0.39, 0.29) is 23.8 Å². The van der Waals surface area contributed by atoms with Crippen molar-refractivity contribution in [3.8, 4) is 0 Å². The number of pyridine rings is 1. The van der Waals surface area contributed by atoms with Gasteiger partial charge in [0.1, 0.15) is 0 Å². The van der Waals surface area contributed by atoms with E-state index in [9.17, 15) is 9.59 Å². The van der Waals surface area contributed by atoms with Crippen LogP contribution in [0, 0.1) is 12.8 Å². The zero-order valence-corrected chi connectivity index (χ0v) is 13.8. The fraction of sp³-hybridized carbons (Fsp3) is 0.412. The van der Waals surface area contributed by atoms with Gasteiger partial charge in [0.15, 0.2) is 0 Å². The van der Waals surface area contributed by atoms with Crippen LogP contribution >= 0.6 is 0 Å². The number of carbonyl (C=O) groups is 2. The number of hydrogen-bond donors (Lipinski definition) is 2. The molecule has 2 N–H and O–H groups in total. The van der Waals surface area contributed by atoms with Crippen LogP contribution in [-0.4, -0.2) is 45.0 Å². The highest BCUT2D eigenvalue weighted by atomic mass is 16.2. The molecule has 2 atom stereocenters. The first-order valence-corrected chi connectivity index (χ1v) is 8.09. The van der Waals surface area contributed by atoms with Gasteiger partial charge in [0.05, 0.1) is 17.8 Å². The van der Waals surface area contributed by atoms with Gasteiger partial charge in [0.25, 0.3) is 5.91 Å². The van der Waals surface area contributed by atoms with Gasteiger partial charge in [-0.25, -0.2) is 0 Å². The Kier molecular flexibility index (Phi) is 4.59. The lowest BCUT2D eigenvalue weighted by atomic mass is 9.94. The van der Waals surface area contributed by atoms with Crippen LogP contribution < -0.4 is 5.32 Å². The zero-order chi connectivity index (χ0) is 17.1. The van der Waals surface area contributed by atoms with Crippen LogP contribution in [0.25, 0.3) is 0 Å². The maximum absolute atomic E-state index is 12.3. The molecule has 1 aliphatic rings. The third kappa shape index (κ3) is 3.02. The van der Waals surface area contributed by atoms with Crippen molar-refractivity contribution in [2.24, 2.45) is 5.92 Å². The summed E-state index contributed by atoms with van der Waals surface area (Å²) in [5, 5.41) is 9.55. The SMILES string of the molecule is CCN1C(=O)C[C@@H](CNC(=O)c2cn[nH]c2C)[C@@H]1c1cccnc1. The number of nitrogens with one attached hydrogen (secondary N) is 2. The van der Waals surface area contributed by atoms with E-state index in [0.717, 1.165) is 11.3 Å². The number of aromatic nitrogens is 3. The molecule has 126 valence electrons. The van der Waals surface area contributed by atoms with E-state index >= 15 is 0 Å². The topological polar surface area (TPSA) is 91.0 Å². The molecule has 0 aromatic carbocycles. The average Bonchev–Trinajstić information content (AvgIpc) is 3.16. The van der Waals surface area contributed by atoms with Crippen molar-refractivity contribution in [3.05, 3.63) is 47.5 Å². The monoisotopic (exact) mass is 327 g/mol. The quantitative estimate of drug-likeness (QED) is 0.869.